The predicted octanol–water partition coefficient (Wildman–Crippen LogP) is 1.39. The second-order valence-electron chi connectivity index (χ2n) is 4.74. The Morgan fingerprint density at radius 3 is 2.70 bits per heavy atom. The quantitative estimate of drug-likeness (QED) is 0.909. The number of rotatable bonds is 4. The van der Waals surface area contributed by atoms with Crippen molar-refractivity contribution in [2.75, 3.05) is 13.1 Å². The molecule has 1 fully saturated rings. The van der Waals surface area contributed by atoms with Gasteiger partial charge in [-0.1, -0.05) is 0 Å². The molecule has 0 unspecified atom stereocenters. The predicted molar refractivity (Wildman–Crippen MR) is 66.1 cm³/mol. The molecule has 1 saturated heterocycles. The number of hydrogen-bond acceptors (Lipinski definition) is 5. The zero-order valence-corrected chi connectivity index (χ0v) is 10.5. The third-order valence-electron chi connectivity index (χ3n) is 3.22. The fraction of sp³-hybridized carbons (Fsp3) is 0.308. The van der Waals surface area contributed by atoms with Crippen LogP contribution in [0.3, 0.4) is 0 Å². The molecule has 0 aliphatic carbocycles. The van der Waals surface area contributed by atoms with Crippen molar-refractivity contribution in [3.8, 4) is 11.5 Å². The van der Waals surface area contributed by atoms with Crippen molar-refractivity contribution in [3.05, 3.63) is 36.0 Å². The SMILES string of the molecule is O=C(O)C1CN(Cc2nnc(-c3ccc(F)cc3)o2)C1. The lowest BCUT2D eigenvalue weighted by atomic mass is 10.0. The lowest BCUT2D eigenvalue weighted by Crippen LogP contribution is -2.49. The van der Waals surface area contributed by atoms with Gasteiger partial charge in [-0.3, -0.25) is 9.69 Å². The molecule has 20 heavy (non-hydrogen) atoms. The number of carboxylic acids is 1. The maximum atomic E-state index is 12.8. The molecule has 0 radical (unpaired) electrons. The summed E-state index contributed by atoms with van der Waals surface area (Å²) in [7, 11) is 0. The minimum atomic E-state index is -0.779. The summed E-state index contributed by atoms with van der Waals surface area (Å²) < 4.78 is 18.3. The Labute approximate surface area is 113 Å². The van der Waals surface area contributed by atoms with Gasteiger partial charge in [0.2, 0.25) is 11.8 Å². The summed E-state index contributed by atoms with van der Waals surface area (Å²) >= 11 is 0. The summed E-state index contributed by atoms with van der Waals surface area (Å²) in [6.07, 6.45) is 0. The van der Waals surface area contributed by atoms with Crippen molar-refractivity contribution < 1.29 is 18.7 Å². The highest BCUT2D eigenvalue weighted by Gasteiger charge is 2.33. The van der Waals surface area contributed by atoms with Crippen LogP contribution in [0.15, 0.2) is 28.7 Å². The summed E-state index contributed by atoms with van der Waals surface area (Å²) in [5.41, 5.74) is 0.650. The van der Waals surface area contributed by atoms with Crippen LogP contribution in [0.2, 0.25) is 0 Å². The molecule has 104 valence electrons. The van der Waals surface area contributed by atoms with Gasteiger partial charge in [0.25, 0.3) is 0 Å². The van der Waals surface area contributed by atoms with Crippen molar-refractivity contribution >= 4 is 5.97 Å². The van der Waals surface area contributed by atoms with E-state index in [0.717, 1.165) is 0 Å². The van der Waals surface area contributed by atoms with Gasteiger partial charge < -0.3 is 9.52 Å². The first-order valence-corrected chi connectivity index (χ1v) is 6.15. The van der Waals surface area contributed by atoms with Crippen LogP contribution < -0.4 is 0 Å². The smallest absolute Gasteiger partial charge is 0.309 e. The molecule has 1 N–H and O–H groups in total. The van der Waals surface area contributed by atoms with Crippen LogP contribution in [0.4, 0.5) is 4.39 Å². The van der Waals surface area contributed by atoms with Crippen LogP contribution in [0.1, 0.15) is 5.89 Å². The first-order chi connectivity index (χ1) is 9.61. The highest BCUT2D eigenvalue weighted by Crippen LogP contribution is 2.21. The van der Waals surface area contributed by atoms with E-state index in [1.807, 2.05) is 4.90 Å². The fourth-order valence-corrected chi connectivity index (χ4v) is 2.07. The molecule has 1 aliphatic rings. The Bertz CT molecular complexity index is 620. The summed E-state index contributed by atoms with van der Waals surface area (Å²) in [4.78, 5) is 12.6. The zero-order valence-electron chi connectivity index (χ0n) is 10.5. The van der Waals surface area contributed by atoms with Crippen LogP contribution in [-0.2, 0) is 11.3 Å². The number of benzene rings is 1. The van der Waals surface area contributed by atoms with Crippen molar-refractivity contribution in [3.63, 3.8) is 0 Å². The Balaban J connectivity index is 1.63. The van der Waals surface area contributed by atoms with Crippen LogP contribution in [0, 0.1) is 11.7 Å². The minimum absolute atomic E-state index is 0.311. The van der Waals surface area contributed by atoms with Gasteiger partial charge in [-0.15, -0.1) is 10.2 Å². The van der Waals surface area contributed by atoms with E-state index in [2.05, 4.69) is 10.2 Å². The van der Waals surface area contributed by atoms with Gasteiger partial charge in [0.1, 0.15) is 5.82 Å². The molecule has 0 saturated carbocycles. The first kappa shape index (κ1) is 12.7. The average molecular weight is 277 g/mol. The van der Waals surface area contributed by atoms with E-state index in [0.29, 0.717) is 37.0 Å². The monoisotopic (exact) mass is 277 g/mol. The van der Waals surface area contributed by atoms with Crippen LogP contribution in [0.5, 0.6) is 0 Å². The largest absolute Gasteiger partial charge is 0.481 e. The van der Waals surface area contributed by atoms with Crippen molar-refractivity contribution in [2.24, 2.45) is 5.92 Å². The molecule has 0 atom stereocenters. The molecule has 0 spiro atoms. The maximum Gasteiger partial charge on any atom is 0.309 e. The number of hydrogen-bond donors (Lipinski definition) is 1. The molecule has 1 aromatic heterocycles. The van der Waals surface area contributed by atoms with Gasteiger partial charge >= 0.3 is 5.97 Å². The molecular weight excluding hydrogens is 265 g/mol. The molecule has 2 aromatic rings. The van der Waals surface area contributed by atoms with E-state index >= 15 is 0 Å². The van der Waals surface area contributed by atoms with Gasteiger partial charge in [0.15, 0.2) is 0 Å². The molecule has 0 amide bonds. The molecule has 3 rings (SSSR count). The molecule has 0 bridgehead atoms. The Kier molecular flexibility index (Phi) is 3.19. The van der Waals surface area contributed by atoms with Crippen molar-refractivity contribution in [1.82, 2.24) is 15.1 Å². The van der Waals surface area contributed by atoms with Gasteiger partial charge in [0.05, 0.1) is 12.5 Å². The Morgan fingerprint density at radius 1 is 1.35 bits per heavy atom. The zero-order chi connectivity index (χ0) is 14.1. The summed E-state index contributed by atoms with van der Waals surface area (Å²) in [5, 5.41) is 16.6. The number of carboxylic acid groups (broad SMARTS) is 1. The number of carbonyl (C=O) groups is 1. The maximum absolute atomic E-state index is 12.8. The second kappa shape index (κ2) is 5.01. The molecular formula is C13H12FN3O3. The third kappa shape index (κ3) is 2.53. The number of aromatic nitrogens is 2. The Hall–Kier alpha value is -2.28. The third-order valence-corrected chi connectivity index (χ3v) is 3.22. The molecule has 6 nitrogen and oxygen atoms in total. The van der Waals surface area contributed by atoms with Gasteiger partial charge in [0, 0.05) is 18.7 Å². The van der Waals surface area contributed by atoms with Gasteiger partial charge in [-0.2, -0.15) is 0 Å². The fourth-order valence-electron chi connectivity index (χ4n) is 2.07. The summed E-state index contributed by atoms with van der Waals surface area (Å²) in [5.74, 6) is -0.662. The van der Waals surface area contributed by atoms with E-state index in [9.17, 15) is 9.18 Å². The first-order valence-electron chi connectivity index (χ1n) is 6.15. The minimum Gasteiger partial charge on any atom is -0.481 e. The second-order valence-corrected chi connectivity index (χ2v) is 4.74. The average Bonchev–Trinajstić information content (AvgIpc) is 2.82. The highest BCUT2D eigenvalue weighted by atomic mass is 19.1. The van der Waals surface area contributed by atoms with E-state index in [-0.39, 0.29) is 11.7 Å². The molecule has 1 aromatic carbocycles. The van der Waals surface area contributed by atoms with E-state index < -0.39 is 5.97 Å². The van der Waals surface area contributed by atoms with E-state index in [1.54, 1.807) is 12.1 Å². The van der Waals surface area contributed by atoms with Gasteiger partial charge in [-0.25, -0.2) is 4.39 Å². The van der Waals surface area contributed by atoms with Crippen LogP contribution >= 0.6 is 0 Å². The standard InChI is InChI=1S/C13H12FN3O3/c14-10-3-1-8(2-4-10)12-16-15-11(20-12)7-17-5-9(6-17)13(18)19/h1-4,9H,5-7H2,(H,18,19). The Morgan fingerprint density at radius 2 is 2.05 bits per heavy atom. The van der Waals surface area contributed by atoms with Crippen molar-refractivity contribution in [2.45, 2.75) is 6.54 Å². The number of nitrogens with zero attached hydrogens (tertiary/aromatic N) is 3. The summed E-state index contributed by atoms with van der Waals surface area (Å²) in [6.45, 7) is 1.41. The summed E-state index contributed by atoms with van der Waals surface area (Å²) in [6, 6.07) is 5.78. The lowest BCUT2D eigenvalue weighted by molar-refractivity contribution is -0.147. The number of aliphatic carboxylic acids is 1. The topological polar surface area (TPSA) is 79.5 Å². The van der Waals surface area contributed by atoms with Crippen LogP contribution in [0.25, 0.3) is 11.5 Å². The molecule has 2 heterocycles. The molecule has 7 heteroatoms. The van der Waals surface area contributed by atoms with Crippen LogP contribution in [-0.4, -0.2) is 39.3 Å². The highest BCUT2D eigenvalue weighted by molar-refractivity contribution is 5.71. The van der Waals surface area contributed by atoms with E-state index in [4.69, 9.17) is 9.52 Å². The number of likely N-dealkylation sites (tertiary alicyclic amines) is 1. The number of halogens is 1. The molecule has 1 aliphatic heterocycles. The van der Waals surface area contributed by atoms with E-state index in [1.165, 1.54) is 12.1 Å². The van der Waals surface area contributed by atoms with Crippen molar-refractivity contribution in [1.29, 1.82) is 0 Å². The lowest BCUT2D eigenvalue weighted by Gasteiger charge is -2.35. The van der Waals surface area contributed by atoms with Gasteiger partial charge in [-0.05, 0) is 24.3 Å². The normalized spacial score (nSPS) is 16.1.